The molecular weight excluding hydrogens is 341 g/mol. The summed E-state index contributed by atoms with van der Waals surface area (Å²) in [5, 5.41) is 4.46. The van der Waals surface area contributed by atoms with Crippen LogP contribution in [0, 0.1) is 0 Å². The van der Waals surface area contributed by atoms with Crippen molar-refractivity contribution in [3.8, 4) is 5.75 Å². The molecule has 1 N–H and O–H groups in total. The highest BCUT2D eigenvalue weighted by atomic mass is 35.5. The molecule has 0 saturated heterocycles. The second kappa shape index (κ2) is 6.57. The zero-order valence-corrected chi connectivity index (χ0v) is 13.0. The first-order valence-electron chi connectivity index (χ1n) is 7.04. The molecule has 3 nitrogen and oxygen atoms in total. The fourth-order valence-corrected chi connectivity index (χ4v) is 2.51. The molecule has 0 aliphatic heterocycles. The van der Waals surface area contributed by atoms with E-state index in [2.05, 4.69) is 15.0 Å². The molecule has 1 heterocycles. The van der Waals surface area contributed by atoms with Crippen LogP contribution in [0.5, 0.6) is 5.75 Å². The topological polar surface area (TPSA) is 34.1 Å². The minimum absolute atomic E-state index is 0.165. The summed E-state index contributed by atoms with van der Waals surface area (Å²) in [7, 11) is 0. The lowest BCUT2D eigenvalue weighted by molar-refractivity contribution is -0.274. The molecule has 0 aliphatic carbocycles. The number of fused-ring (bicyclic) bond motifs is 1. The van der Waals surface area contributed by atoms with Crippen LogP contribution in [0.15, 0.2) is 54.7 Å². The number of para-hydroxylation sites is 1. The van der Waals surface area contributed by atoms with E-state index >= 15 is 0 Å². The summed E-state index contributed by atoms with van der Waals surface area (Å²) in [6.45, 7) is 0.165. The number of halogens is 4. The molecule has 0 unspecified atom stereocenters. The van der Waals surface area contributed by atoms with Gasteiger partial charge in [-0.05, 0) is 30.3 Å². The quantitative estimate of drug-likeness (QED) is 0.682. The van der Waals surface area contributed by atoms with Crippen LogP contribution in [0.25, 0.3) is 10.9 Å². The smallest absolute Gasteiger partial charge is 0.405 e. The van der Waals surface area contributed by atoms with E-state index in [1.165, 1.54) is 12.1 Å². The van der Waals surface area contributed by atoms with E-state index in [1.54, 1.807) is 42.6 Å². The summed E-state index contributed by atoms with van der Waals surface area (Å²) in [4.78, 5) is 4.23. The zero-order chi connectivity index (χ0) is 17.2. The maximum absolute atomic E-state index is 12.5. The molecule has 0 atom stereocenters. The number of hydrogen-bond donors (Lipinski definition) is 1. The van der Waals surface area contributed by atoms with Crippen molar-refractivity contribution in [2.45, 2.75) is 12.9 Å². The van der Waals surface area contributed by atoms with Gasteiger partial charge in [-0.1, -0.05) is 29.8 Å². The number of ether oxygens (including phenoxy) is 1. The molecule has 2 aromatic carbocycles. The lowest BCUT2D eigenvalue weighted by Crippen LogP contribution is -2.18. The summed E-state index contributed by atoms with van der Waals surface area (Å²) >= 11 is 6.01. The Balaban J connectivity index is 1.86. The van der Waals surface area contributed by atoms with Crippen molar-refractivity contribution in [3.05, 3.63) is 65.3 Å². The number of pyridine rings is 1. The molecule has 0 spiro atoms. The number of benzene rings is 2. The number of nitrogens with one attached hydrogen (secondary N) is 1. The van der Waals surface area contributed by atoms with Crippen molar-refractivity contribution < 1.29 is 17.9 Å². The molecule has 24 heavy (non-hydrogen) atoms. The number of alkyl halides is 3. The Morgan fingerprint density at radius 3 is 2.67 bits per heavy atom. The molecule has 0 saturated carbocycles. The average Bonchev–Trinajstić information content (AvgIpc) is 2.52. The monoisotopic (exact) mass is 352 g/mol. The van der Waals surface area contributed by atoms with Crippen LogP contribution < -0.4 is 10.1 Å². The molecule has 0 aliphatic rings. The van der Waals surface area contributed by atoms with Crippen molar-refractivity contribution >= 4 is 28.2 Å². The van der Waals surface area contributed by atoms with Crippen LogP contribution in [-0.4, -0.2) is 11.3 Å². The van der Waals surface area contributed by atoms with Crippen molar-refractivity contribution in [3.63, 3.8) is 0 Å². The summed E-state index contributed by atoms with van der Waals surface area (Å²) < 4.78 is 41.5. The normalized spacial score (nSPS) is 11.5. The minimum atomic E-state index is -4.73. The zero-order valence-electron chi connectivity index (χ0n) is 12.3. The van der Waals surface area contributed by atoms with Crippen molar-refractivity contribution in [2.75, 3.05) is 5.32 Å². The molecule has 3 aromatic rings. The Bertz CT molecular complexity index is 868. The van der Waals surface area contributed by atoms with Crippen LogP contribution in [0.3, 0.4) is 0 Å². The molecule has 3 rings (SSSR count). The highest BCUT2D eigenvalue weighted by molar-refractivity contribution is 6.31. The van der Waals surface area contributed by atoms with E-state index < -0.39 is 6.36 Å². The Labute approximate surface area is 141 Å². The van der Waals surface area contributed by atoms with Gasteiger partial charge in [-0.15, -0.1) is 13.2 Å². The van der Waals surface area contributed by atoms with Crippen LogP contribution in [0.4, 0.5) is 18.9 Å². The van der Waals surface area contributed by atoms with E-state index in [0.29, 0.717) is 10.6 Å². The van der Waals surface area contributed by atoms with Crippen LogP contribution in [0.2, 0.25) is 5.02 Å². The van der Waals surface area contributed by atoms with E-state index in [4.69, 9.17) is 11.6 Å². The first-order chi connectivity index (χ1) is 11.4. The molecule has 0 bridgehead atoms. The van der Waals surface area contributed by atoms with Gasteiger partial charge in [0.15, 0.2) is 0 Å². The second-order valence-corrected chi connectivity index (χ2v) is 5.47. The van der Waals surface area contributed by atoms with Crippen molar-refractivity contribution in [2.24, 2.45) is 0 Å². The molecule has 7 heteroatoms. The van der Waals surface area contributed by atoms with Crippen LogP contribution >= 0.6 is 11.6 Å². The van der Waals surface area contributed by atoms with E-state index in [-0.39, 0.29) is 12.3 Å². The van der Waals surface area contributed by atoms with E-state index in [0.717, 1.165) is 16.6 Å². The van der Waals surface area contributed by atoms with Crippen molar-refractivity contribution in [1.82, 2.24) is 4.98 Å². The number of hydrogen-bond acceptors (Lipinski definition) is 3. The standard InChI is InChI=1S/C17H12ClF3N2O/c18-12-5-6-14-13(9-12)15(7-8-22-14)23-10-11-3-1-2-4-16(11)24-17(19,20)21/h1-9H,10H2,(H,22,23). The van der Waals surface area contributed by atoms with Gasteiger partial charge in [0.1, 0.15) is 5.75 Å². The lowest BCUT2D eigenvalue weighted by Gasteiger charge is -2.15. The van der Waals surface area contributed by atoms with Gasteiger partial charge < -0.3 is 10.1 Å². The average molecular weight is 353 g/mol. The molecule has 0 amide bonds. The summed E-state index contributed by atoms with van der Waals surface area (Å²) in [5.74, 6) is -0.228. The third-order valence-corrected chi connectivity index (χ3v) is 3.61. The van der Waals surface area contributed by atoms with E-state index in [1.807, 2.05) is 0 Å². The Morgan fingerprint density at radius 2 is 1.88 bits per heavy atom. The van der Waals surface area contributed by atoms with E-state index in [9.17, 15) is 13.2 Å². The van der Waals surface area contributed by atoms with Gasteiger partial charge >= 0.3 is 6.36 Å². The number of anilines is 1. The van der Waals surface area contributed by atoms with Crippen LogP contribution in [0.1, 0.15) is 5.56 Å². The summed E-state index contributed by atoms with van der Waals surface area (Å²) in [5.41, 5.74) is 1.86. The maximum Gasteiger partial charge on any atom is 0.573 e. The van der Waals surface area contributed by atoms with Gasteiger partial charge in [0.25, 0.3) is 0 Å². The summed E-state index contributed by atoms with van der Waals surface area (Å²) in [6.07, 6.45) is -3.11. The first-order valence-corrected chi connectivity index (χ1v) is 7.42. The number of nitrogens with zero attached hydrogens (tertiary/aromatic N) is 1. The SMILES string of the molecule is FC(F)(F)Oc1ccccc1CNc1ccnc2ccc(Cl)cc12. The number of aromatic nitrogens is 1. The van der Waals surface area contributed by atoms with Crippen molar-refractivity contribution in [1.29, 1.82) is 0 Å². The maximum atomic E-state index is 12.5. The first kappa shape index (κ1) is 16.4. The lowest BCUT2D eigenvalue weighted by atomic mass is 10.1. The highest BCUT2D eigenvalue weighted by Crippen LogP contribution is 2.29. The third kappa shape index (κ3) is 3.89. The van der Waals surface area contributed by atoms with Gasteiger partial charge in [-0.2, -0.15) is 0 Å². The predicted molar refractivity (Wildman–Crippen MR) is 87.2 cm³/mol. The van der Waals surface area contributed by atoms with Gasteiger partial charge in [0.05, 0.1) is 5.52 Å². The Kier molecular flexibility index (Phi) is 4.49. The largest absolute Gasteiger partial charge is 0.573 e. The fraction of sp³-hybridized carbons (Fsp3) is 0.118. The Hall–Kier alpha value is -2.47. The highest BCUT2D eigenvalue weighted by Gasteiger charge is 2.31. The Morgan fingerprint density at radius 1 is 1.08 bits per heavy atom. The van der Waals surface area contributed by atoms with Crippen LogP contribution in [-0.2, 0) is 6.54 Å². The van der Waals surface area contributed by atoms with Gasteiger partial charge in [-0.3, -0.25) is 4.98 Å². The van der Waals surface area contributed by atoms with Gasteiger partial charge in [0, 0.05) is 34.4 Å². The molecule has 1 aromatic heterocycles. The third-order valence-electron chi connectivity index (χ3n) is 3.37. The summed E-state index contributed by atoms with van der Waals surface area (Å²) in [6, 6.07) is 13.0. The van der Waals surface area contributed by atoms with Gasteiger partial charge in [-0.25, -0.2) is 0 Å². The molecular formula is C17H12ClF3N2O. The predicted octanol–water partition coefficient (Wildman–Crippen LogP) is 5.40. The van der Waals surface area contributed by atoms with Gasteiger partial charge in [0.2, 0.25) is 0 Å². The second-order valence-electron chi connectivity index (χ2n) is 5.03. The molecule has 0 radical (unpaired) electrons. The molecule has 124 valence electrons. The fourth-order valence-electron chi connectivity index (χ4n) is 2.34. The molecule has 0 fully saturated rings. The minimum Gasteiger partial charge on any atom is -0.405 e. The number of rotatable bonds is 4.